The highest BCUT2D eigenvalue weighted by Crippen LogP contribution is 2.32. The molecule has 0 aromatic carbocycles. The second kappa shape index (κ2) is 10.5. The molecule has 0 saturated heterocycles. The molecule has 0 aliphatic heterocycles. The molecule has 1 fully saturated rings. The first-order valence-corrected chi connectivity index (χ1v) is 11.0. The van der Waals surface area contributed by atoms with E-state index in [4.69, 9.17) is 9.84 Å². The maximum absolute atomic E-state index is 10.3. The number of nitrogens with zero attached hydrogens (tertiary/aromatic N) is 3. The number of aliphatic hydroxyl groups is 1. The maximum Gasteiger partial charge on any atom is 0.182 e. The molecule has 9 heteroatoms. The van der Waals surface area contributed by atoms with Gasteiger partial charge in [-0.1, -0.05) is 0 Å². The van der Waals surface area contributed by atoms with E-state index in [9.17, 15) is 4.79 Å². The van der Waals surface area contributed by atoms with Gasteiger partial charge in [-0.05, 0) is 37.5 Å². The molecule has 1 saturated carbocycles. The molecule has 0 radical (unpaired) electrons. The fraction of sp³-hybridized carbons (Fsp3) is 0.400. The number of ether oxygens (including phenoxy) is 1. The van der Waals surface area contributed by atoms with Crippen LogP contribution in [0, 0.1) is 12.8 Å². The van der Waals surface area contributed by atoms with E-state index in [2.05, 4.69) is 20.3 Å². The number of pyridine rings is 1. The highest BCUT2D eigenvalue weighted by atomic mass is 32.1. The van der Waals surface area contributed by atoms with E-state index in [1.165, 1.54) is 11.3 Å². The number of hydrogen-bond donors (Lipinski definition) is 2. The molecule has 0 amide bonds. The summed E-state index contributed by atoms with van der Waals surface area (Å²) in [6.07, 6.45) is 6.58. The lowest BCUT2D eigenvalue weighted by molar-refractivity contribution is -0.120. The van der Waals surface area contributed by atoms with E-state index in [1.54, 1.807) is 23.7 Å². The van der Waals surface area contributed by atoms with Gasteiger partial charge in [0, 0.05) is 30.7 Å². The van der Waals surface area contributed by atoms with E-state index < -0.39 is 0 Å². The summed E-state index contributed by atoms with van der Waals surface area (Å²) in [5, 5.41) is 15.6. The first-order chi connectivity index (χ1) is 14.1. The average molecular weight is 433 g/mol. The van der Waals surface area contributed by atoms with Crippen molar-refractivity contribution in [2.45, 2.75) is 39.1 Å². The maximum atomic E-state index is 10.3. The fourth-order valence-electron chi connectivity index (χ4n) is 2.80. The zero-order chi connectivity index (χ0) is 20.6. The number of aryl methyl sites for hydroxylation is 1. The Morgan fingerprint density at radius 1 is 1.31 bits per heavy atom. The lowest BCUT2D eigenvalue weighted by Crippen LogP contribution is -2.31. The Morgan fingerprint density at radius 3 is 2.66 bits per heavy atom. The second-order valence-corrected chi connectivity index (χ2v) is 8.57. The highest BCUT2D eigenvalue weighted by Gasteiger charge is 2.29. The molecule has 1 aliphatic carbocycles. The molecule has 0 bridgehead atoms. The normalized spacial score (nSPS) is 17.8. The predicted molar refractivity (Wildman–Crippen MR) is 115 cm³/mol. The van der Waals surface area contributed by atoms with Crippen LogP contribution in [0.25, 0.3) is 10.6 Å². The molecule has 29 heavy (non-hydrogen) atoms. The van der Waals surface area contributed by atoms with Crippen molar-refractivity contribution >= 4 is 34.1 Å². The minimum absolute atomic E-state index is 0.00543. The second-order valence-electron chi connectivity index (χ2n) is 6.62. The molecule has 154 valence electrons. The van der Waals surface area contributed by atoms with Crippen LogP contribution in [0.4, 0.5) is 5.13 Å². The number of carbonyl (C=O) groups is 1. The topological polar surface area (TPSA) is 97.2 Å². The Balaban J connectivity index is 0.000000166. The molecule has 3 heterocycles. The molecule has 3 aromatic heterocycles. The van der Waals surface area contributed by atoms with Crippen LogP contribution in [0.3, 0.4) is 0 Å². The van der Waals surface area contributed by atoms with Gasteiger partial charge in [-0.15, -0.1) is 22.7 Å². The number of hydrogen-bond acceptors (Lipinski definition) is 9. The predicted octanol–water partition coefficient (Wildman–Crippen LogP) is 3.68. The molecule has 3 aromatic rings. The summed E-state index contributed by atoms with van der Waals surface area (Å²) in [5.41, 5.74) is 2.99. The summed E-state index contributed by atoms with van der Waals surface area (Å²) in [4.78, 5) is 24.0. The summed E-state index contributed by atoms with van der Waals surface area (Å²) < 4.78 is 5.61. The smallest absolute Gasteiger partial charge is 0.182 e. The van der Waals surface area contributed by atoms with Gasteiger partial charge in [0.1, 0.15) is 11.3 Å². The molecular formula is C20H24N4O3S2. The third kappa shape index (κ3) is 5.89. The number of rotatable bonds is 7. The monoisotopic (exact) mass is 432 g/mol. The van der Waals surface area contributed by atoms with Gasteiger partial charge in [0.2, 0.25) is 0 Å². The van der Waals surface area contributed by atoms with Crippen molar-refractivity contribution in [2.75, 3.05) is 12.4 Å². The molecule has 7 nitrogen and oxygen atoms in total. The highest BCUT2D eigenvalue weighted by molar-refractivity contribution is 7.16. The van der Waals surface area contributed by atoms with Gasteiger partial charge >= 0.3 is 0 Å². The first-order valence-electron chi connectivity index (χ1n) is 9.29. The van der Waals surface area contributed by atoms with Crippen LogP contribution in [0.2, 0.25) is 0 Å². The lowest BCUT2D eigenvalue weighted by atomic mass is 9.83. The summed E-state index contributed by atoms with van der Waals surface area (Å²) in [5.74, 6) is 0.234. The van der Waals surface area contributed by atoms with Crippen molar-refractivity contribution in [3.05, 3.63) is 46.2 Å². The van der Waals surface area contributed by atoms with Crippen molar-refractivity contribution in [3.63, 3.8) is 0 Å². The van der Waals surface area contributed by atoms with Crippen LogP contribution in [0.15, 0.2) is 29.9 Å². The number of anilines is 1. The number of aldehydes is 1. The van der Waals surface area contributed by atoms with Crippen LogP contribution >= 0.6 is 22.7 Å². The Hall–Kier alpha value is -2.20. The fourth-order valence-corrected chi connectivity index (χ4v) is 4.42. The summed E-state index contributed by atoms with van der Waals surface area (Å²) in [6, 6.07) is 3.88. The number of carbonyl (C=O) groups excluding carboxylic acids is 1. The molecule has 2 N–H and O–H groups in total. The molecular weight excluding hydrogens is 408 g/mol. The summed E-state index contributed by atoms with van der Waals surface area (Å²) >= 11 is 3.06. The van der Waals surface area contributed by atoms with Crippen molar-refractivity contribution < 1.29 is 14.6 Å². The van der Waals surface area contributed by atoms with Gasteiger partial charge in [0.25, 0.3) is 0 Å². The van der Waals surface area contributed by atoms with Crippen LogP contribution in [0.1, 0.15) is 29.1 Å². The van der Waals surface area contributed by atoms with E-state index in [0.717, 1.165) is 51.1 Å². The van der Waals surface area contributed by atoms with Gasteiger partial charge in [-0.25, -0.2) is 9.97 Å². The Morgan fingerprint density at radius 2 is 2.07 bits per heavy atom. The van der Waals surface area contributed by atoms with Crippen LogP contribution in [-0.4, -0.2) is 39.5 Å². The van der Waals surface area contributed by atoms with E-state index in [0.29, 0.717) is 6.61 Å². The van der Waals surface area contributed by atoms with E-state index in [-0.39, 0.29) is 18.6 Å². The molecule has 0 spiro atoms. The molecule has 1 aliphatic rings. The molecule has 0 atom stereocenters. The van der Waals surface area contributed by atoms with E-state index >= 15 is 0 Å². The zero-order valence-corrected chi connectivity index (χ0v) is 18.0. The largest absolute Gasteiger partial charge is 0.389 e. The third-order valence-electron chi connectivity index (χ3n) is 4.49. The van der Waals surface area contributed by atoms with Crippen molar-refractivity contribution in [1.82, 2.24) is 15.0 Å². The number of aromatic nitrogens is 3. The Labute approximate surface area is 177 Å². The van der Waals surface area contributed by atoms with Gasteiger partial charge in [0.05, 0.1) is 35.6 Å². The number of nitrogens with one attached hydrogen (secondary N) is 1. The van der Waals surface area contributed by atoms with Crippen LogP contribution in [0.5, 0.6) is 0 Å². The summed E-state index contributed by atoms with van der Waals surface area (Å²) in [7, 11) is 1.85. The lowest BCUT2D eigenvalue weighted by Gasteiger charge is -2.31. The standard InChI is InChI=1S/C11H13NO2.C9H11N3OS2/c13-7-10-5-11(6-10)14-8-9-1-3-12-4-2-9;1-5-8(15-7(3-13)11-5)6-4-14-9(10-2)12-6/h1-4,7,10-11H,5-6,8H2;4,13H,3H2,1-2H3,(H,10,12). The van der Waals surface area contributed by atoms with Crippen LogP contribution < -0.4 is 5.32 Å². The summed E-state index contributed by atoms with van der Waals surface area (Å²) in [6.45, 7) is 2.55. The van der Waals surface area contributed by atoms with Gasteiger partial charge in [-0.2, -0.15) is 0 Å². The quantitative estimate of drug-likeness (QED) is 0.550. The third-order valence-corrected chi connectivity index (χ3v) is 6.51. The number of thiazole rings is 2. The van der Waals surface area contributed by atoms with E-state index in [1.807, 2.05) is 31.5 Å². The zero-order valence-electron chi connectivity index (χ0n) is 16.4. The minimum atomic E-state index is -0.00543. The van der Waals surface area contributed by atoms with Gasteiger partial charge < -0.3 is 20.0 Å². The first kappa shape index (κ1) is 21.5. The number of aliphatic hydroxyl groups excluding tert-OH is 1. The Bertz CT molecular complexity index is 908. The van der Waals surface area contributed by atoms with Gasteiger partial charge in [-0.3, -0.25) is 4.98 Å². The average Bonchev–Trinajstić information content (AvgIpc) is 3.34. The molecule has 0 unspecified atom stereocenters. The minimum Gasteiger partial charge on any atom is -0.389 e. The van der Waals surface area contributed by atoms with Crippen molar-refractivity contribution in [3.8, 4) is 10.6 Å². The van der Waals surface area contributed by atoms with Crippen molar-refractivity contribution in [1.29, 1.82) is 0 Å². The van der Waals surface area contributed by atoms with Crippen molar-refractivity contribution in [2.24, 2.45) is 5.92 Å². The SMILES string of the molecule is CNc1nc(-c2sc(CO)nc2C)cs1.O=CC1CC(OCc2ccncc2)C1. The van der Waals surface area contributed by atoms with Crippen LogP contribution in [-0.2, 0) is 22.7 Å². The van der Waals surface area contributed by atoms with Gasteiger partial charge in [0.15, 0.2) is 5.13 Å². The molecule has 4 rings (SSSR count). The Kier molecular flexibility index (Phi) is 7.82.